The van der Waals surface area contributed by atoms with Crippen molar-refractivity contribution in [1.82, 2.24) is 9.88 Å². The van der Waals surface area contributed by atoms with Crippen molar-refractivity contribution >= 4 is 40.6 Å². The number of amides is 2. The van der Waals surface area contributed by atoms with Gasteiger partial charge in [-0.25, -0.2) is 4.98 Å². The van der Waals surface area contributed by atoms with E-state index in [9.17, 15) is 9.59 Å². The van der Waals surface area contributed by atoms with Gasteiger partial charge in [-0.3, -0.25) is 9.59 Å². The maximum atomic E-state index is 13.8. The molecule has 4 aromatic rings. The highest BCUT2D eigenvalue weighted by molar-refractivity contribution is 7.99. The number of benzene rings is 3. The minimum absolute atomic E-state index is 0.119. The molecule has 0 radical (unpaired) electrons. The fourth-order valence-electron chi connectivity index (χ4n) is 5.16. The van der Waals surface area contributed by atoms with Crippen LogP contribution in [0, 0.1) is 11.8 Å². The summed E-state index contributed by atoms with van der Waals surface area (Å²) in [5.74, 6) is 5.97. The number of fused-ring (bicyclic) bond motifs is 2. The molecule has 1 fully saturated rings. The van der Waals surface area contributed by atoms with Crippen molar-refractivity contribution in [3.63, 3.8) is 0 Å². The Bertz CT molecular complexity index is 1650. The predicted molar refractivity (Wildman–Crippen MR) is 165 cm³/mol. The number of nitrogens with zero attached hydrogens (tertiary/aromatic N) is 3. The molecule has 0 aliphatic carbocycles. The molecule has 8 heteroatoms. The number of carbonyl (C=O) groups is 2. The molecule has 41 heavy (non-hydrogen) atoms. The minimum atomic E-state index is -0.526. The maximum absolute atomic E-state index is 13.8. The number of hydrogen-bond acceptors (Lipinski definition) is 6. The van der Waals surface area contributed by atoms with E-state index in [4.69, 9.17) is 5.73 Å². The quantitative estimate of drug-likeness (QED) is 0.266. The van der Waals surface area contributed by atoms with Gasteiger partial charge in [0.15, 0.2) is 0 Å². The summed E-state index contributed by atoms with van der Waals surface area (Å²) < 4.78 is 0. The molecule has 0 bridgehead atoms. The van der Waals surface area contributed by atoms with Gasteiger partial charge in [0.05, 0.1) is 17.8 Å². The molecule has 6 rings (SSSR count). The van der Waals surface area contributed by atoms with Crippen LogP contribution in [0.3, 0.4) is 0 Å². The Morgan fingerprint density at radius 3 is 2.59 bits per heavy atom. The van der Waals surface area contributed by atoms with Crippen LogP contribution in [0.1, 0.15) is 56.8 Å². The van der Waals surface area contributed by atoms with Crippen molar-refractivity contribution in [3.05, 3.63) is 94.5 Å². The second kappa shape index (κ2) is 12.3. The van der Waals surface area contributed by atoms with E-state index in [1.807, 2.05) is 48.7 Å². The van der Waals surface area contributed by atoms with Crippen LogP contribution in [0.2, 0.25) is 0 Å². The number of carbonyl (C=O) groups excluding carboxylic acids is 2. The minimum Gasteiger partial charge on any atom is -0.366 e. The first kappa shape index (κ1) is 27.3. The Balaban J connectivity index is 1.19. The standard InChI is InChI=1S/C33H30N4O2S2/c34-31(38)25-15-16-30-28(20-25)37(33(39)27-9-2-3-10-29(27)41-30)22-26-21-35-32(40-26)24-13-11-23(12-14-24)8-4-7-19-36-17-5-1-6-18-36/h2-3,9-16,20-21H,1,5-7,17-19,22H2,(H2,34,38). The normalized spacial score (nSPS) is 14.9. The van der Waals surface area contributed by atoms with Crippen molar-refractivity contribution in [2.45, 2.75) is 42.0 Å². The molecule has 1 aromatic heterocycles. The van der Waals surface area contributed by atoms with Crippen molar-refractivity contribution in [2.75, 3.05) is 24.5 Å². The van der Waals surface area contributed by atoms with Crippen LogP contribution in [0.15, 0.2) is 82.7 Å². The molecular weight excluding hydrogens is 549 g/mol. The molecule has 2 N–H and O–H groups in total. The number of nitrogens with two attached hydrogens (primary N) is 1. The summed E-state index contributed by atoms with van der Waals surface area (Å²) in [5, 5.41) is 0.882. The van der Waals surface area contributed by atoms with E-state index in [0.29, 0.717) is 23.4 Å². The van der Waals surface area contributed by atoms with Crippen LogP contribution in [0.25, 0.3) is 10.6 Å². The topological polar surface area (TPSA) is 79.5 Å². The molecule has 3 heterocycles. The van der Waals surface area contributed by atoms with Crippen LogP contribution in [0.5, 0.6) is 0 Å². The summed E-state index contributed by atoms with van der Waals surface area (Å²) >= 11 is 3.07. The van der Waals surface area contributed by atoms with E-state index in [1.165, 1.54) is 44.1 Å². The van der Waals surface area contributed by atoms with Gasteiger partial charge in [0.25, 0.3) is 5.91 Å². The highest BCUT2D eigenvalue weighted by atomic mass is 32.2. The Labute approximate surface area is 248 Å². The van der Waals surface area contributed by atoms with Crippen molar-refractivity contribution in [1.29, 1.82) is 0 Å². The molecule has 0 atom stereocenters. The first-order valence-corrected chi connectivity index (χ1v) is 15.5. The lowest BCUT2D eigenvalue weighted by molar-refractivity contribution is 0.0977. The fourth-order valence-corrected chi connectivity index (χ4v) is 7.12. The van der Waals surface area contributed by atoms with Crippen molar-refractivity contribution < 1.29 is 9.59 Å². The number of anilines is 1. The van der Waals surface area contributed by atoms with Gasteiger partial charge in [-0.15, -0.1) is 11.3 Å². The third-order valence-corrected chi connectivity index (χ3v) is 9.52. The van der Waals surface area contributed by atoms with Gasteiger partial charge in [-0.05, 0) is 68.4 Å². The molecule has 3 aromatic carbocycles. The highest BCUT2D eigenvalue weighted by Gasteiger charge is 2.28. The SMILES string of the molecule is NC(=O)c1ccc2c(c1)N(Cc1cnc(-c3ccc(C#CCCN4CCCCC4)cc3)s1)C(=O)c1ccccc1S2. The zero-order valence-electron chi connectivity index (χ0n) is 22.6. The fraction of sp³-hybridized carbons (Fsp3) is 0.242. The van der Waals surface area contributed by atoms with Gasteiger partial charge in [-0.2, -0.15) is 0 Å². The van der Waals surface area contributed by atoms with Crippen LogP contribution >= 0.6 is 23.1 Å². The third kappa shape index (κ3) is 6.23. The number of piperidine rings is 1. The lowest BCUT2D eigenvalue weighted by Gasteiger charge is -2.25. The second-order valence-electron chi connectivity index (χ2n) is 10.2. The first-order chi connectivity index (χ1) is 20.0. The monoisotopic (exact) mass is 578 g/mol. The highest BCUT2D eigenvalue weighted by Crippen LogP contribution is 2.42. The Morgan fingerprint density at radius 2 is 1.78 bits per heavy atom. The number of aromatic nitrogens is 1. The average Bonchev–Trinajstić information content (AvgIpc) is 3.43. The van der Waals surface area contributed by atoms with E-state index >= 15 is 0 Å². The van der Waals surface area contributed by atoms with E-state index < -0.39 is 5.91 Å². The van der Waals surface area contributed by atoms with E-state index in [1.54, 1.807) is 28.4 Å². The summed E-state index contributed by atoms with van der Waals surface area (Å²) in [6.07, 6.45) is 6.67. The molecular formula is C33H30N4O2S2. The van der Waals surface area contributed by atoms with Crippen LogP contribution < -0.4 is 10.6 Å². The smallest absolute Gasteiger partial charge is 0.259 e. The zero-order valence-corrected chi connectivity index (χ0v) is 24.3. The summed E-state index contributed by atoms with van der Waals surface area (Å²) in [6, 6.07) is 21.0. The molecule has 2 amide bonds. The zero-order chi connectivity index (χ0) is 28.2. The van der Waals surface area contributed by atoms with Crippen molar-refractivity contribution in [3.8, 4) is 22.4 Å². The van der Waals surface area contributed by atoms with Gasteiger partial charge < -0.3 is 15.5 Å². The number of primary amides is 1. The number of thiazole rings is 1. The molecule has 206 valence electrons. The first-order valence-electron chi connectivity index (χ1n) is 13.8. The van der Waals surface area contributed by atoms with Gasteiger partial charge in [0.2, 0.25) is 5.91 Å². The number of rotatable bonds is 6. The molecule has 1 saturated heterocycles. The van der Waals surface area contributed by atoms with Gasteiger partial charge in [-0.1, -0.05) is 54.3 Å². The van der Waals surface area contributed by atoms with Gasteiger partial charge in [0, 0.05) is 50.5 Å². The van der Waals surface area contributed by atoms with Crippen LogP contribution in [0.4, 0.5) is 5.69 Å². The van der Waals surface area contributed by atoms with E-state index in [2.05, 4.69) is 33.9 Å². The predicted octanol–water partition coefficient (Wildman–Crippen LogP) is 6.45. The molecule has 0 saturated carbocycles. The second-order valence-corrected chi connectivity index (χ2v) is 12.4. The summed E-state index contributed by atoms with van der Waals surface area (Å²) in [6.45, 7) is 3.78. The summed E-state index contributed by atoms with van der Waals surface area (Å²) in [7, 11) is 0. The summed E-state index contributed by atoms with van der Waals surface area (Å²) in [5.41, 5.74) is 9.26. The Hall–Kier alpha value is -3.90. The Morgan fingerprint density at radius 1 is 0.976 bits per heavy atom. The van der Waals surface area contributed by atoms with Gasteiger partial charge in [0.1, 0.15) is 5.01 Å². The average molecular weight is 579 g/mol. The molecule has 2 aliphatic rings. The third-order valence-electron chi connectivity index (χ3n) is 7.35. The van der Waals surface area contributed by atoms with E-state index in [-0.39, 0.29) is 5.91 Å². The Kier molecular flexibility index (Phi) is 8.19. The lowest BCUT2D eigenvalue weighted by Crippen LogP contribution is -2.30. The molecule has 6 nitrogen and oxygen atoms in total. The van der Waals surface area contributed by atoms with E-state index in [0.717, 1.165) is 43.8 Å². The summed E-state index contributed by atoms with van der Waals surface area (Å²) in [4.78, 5) is 37.3. The molecule has 0 spiro atoms. The largest absolute Gasteiger partial charge is 0.366 e. The van der Waals surface area contributed by atoms with Crippen molar-refractivity contribution in [2.24, 2.45) is 5.73 Å². The van der Waals surface area contributed by atoms with Gasteiger partial charge >= 0.3 is 0 Å². The lowest BCUT2D eigenvalue weighted by atomic mass is 10.1. The number of likely N-dealkylation sites (tertiary alicyclic amines) is 1. The van der Waals surface area contributed by atoms with Crippen LogP contribution in [-0.4, -0.2) is 41.3 Å². The molecule has 2 aliphatic heterocycles. The number of hydrogen-bond donors (Lipinski definition) is 1. The maximum Gasteiger partial charge on any atom is 0.259 e. The molecule has 0 unspecified atom stereocenters. The van der Waals surface area contributed by atoms with Crippen LogP contribution in [-0.2, 0) is 6.54 Å².